The quantitative estimate of drug-likeness (QED) is 0.588. The first-order valence-corrected chi connectivity index (χ1v) is 8.47. The van der Waals surface area contributed by atoms with Gasteiger partial charge in [-0.1, -0.05) is 54.7 Å². The number of hydrogen-bond donors (Lipinski definition) is 0. The van der Waals surface area contributed by atoms with Gasteiger partial charge in [0.1, 0.15) is 18.8 Å². The minimum absolute atomic E-state index is 0.0346. The van der Waals surface area contributed by atoms with Crippen LogP contribution in [0.2, 0.25) is 5.82 Å². The Balaban J connectivity index is 2.05. The van der Waals surface area contributed by atoms with Crippen molar-refractivity contribution in [2.75, 3.05) is 0 Å². The van der Waals surface area contributed by atoms with E-state index in [9.17, 15) is 9.59 Å². The zero-order valence-corrected chi connectivity index (χ0v) is 15.0. The highest BCUT2D eigenvalue weighted by Crippen LogP contribution is 2.22. The van der Waals surface area contributed by atoms with Crippen molar-refractivity contribution < 1.29 is 9.59 Å². The Morgan fingerprint density at radius 3 is 2.00 bits per heavy atom. The molecule has 2 rings (SSSR count). The number of ketones is 2. The third-order valence-electron chi connectivity index (χ3n) is 4.11. The third-order valence-corrected chi connectivity index (χ3v) is 4.11. The van der Waals surface area contributed by atoms with Crippen LogP contribution in [0.15, 0.2) is 54.6 Å². The van der Waals surface area contributed by atoms with Crippen molar-refractivity contribution in [3.05, 3.63) is 71.3 Å². The van der Waals surface area contributed by atoms with E-state index in [-0.39, 0.29) is 29.6 Å². The van der Waals surface area contributed by atoms with Crippen LogP contribution in [-0.4, -0.2) is 18.8 Å². The van der Waals surface area contributed by atoms with Crippen molar-refractivity contribution in [2.45, 2.75) is 38.8 Å². The molecule has 0 aliphatic carbocycles. The lowest BCUT2D eigenvalue weighted by molar-refractivity contribution is -0.122. The molecule has 0 heterocycles. The molecular formula is C22H22BO2. The summed E-state index contributed by atoms with van der Waals surface area (Å²) in [5, 5.41) is 0. The van der Waals surface area contributed by atoms with Crippen molar-refractivity contribution in [3.8, 4) is 11.8 Å². The summed E-state index contributed by atoms with van der Waals surface area (Å²) in [5.74, 6) is 6.15. The lowest BCUT2D eigenvalue weighted by atomic mass is 9.51. The zero-order valence-electron chi connectivity index (χ0n) is 15.0. The van der Waals surface area contributed by atoms with Gasteiger partial charge in [0.2, 0.25) is 0 Å². The molecule has 0 aliphatic heterocycles. The number of benzene rings is 2. The molecule has 2 atom stereocenters. The summed E-state index contributed by atoms with van der Waals surface area (Å²) in [6.45, 7) is 5.11. The van der Waals surface area contributed by atoms with E-state index < -0.39 is 0 Å². The lowest BCUT2D eigenvalue weighted by Gasteiger charge is -2.17. The average molecular weight is 329 g/mol. The van der Waals surface area contributed by atoms with Gasteiger partial charge in [0, 0.05) is 17.5 Å². The fourth-order valence-corrected chi connectivity index (χ4v) is 2.65. The largest absolute Gasteiger partial charge is 0.301 e. The van der Waals surface area contributed by atoms with Crippen LogP contribution in [0.1, 0.15) is 49.7 Å². The normalized spacial score (nSPS) is 12.4. The van der Waals surface area contributed by atoms with E-state index in [1.807, 2.05) is 68.8 Å². The molecule has 0 amide bonds. The molecule has 125 valence electrons. The Hall–Kier alpha value is -2.60. The van der Waals surface area contributed by atoms with Crippen LogP contribution in [0.3, 0.4) is 0 Å². The maximum atomic E-state index is 11.7. The van der Waals surface area contributed by atoms with Crippen LogP contribution < -0.4 is 0 Å². The van der Waals surface area contributed by atoms with Crippen LogP contribution in [0, 0.1) is 11.8 Å². The lowest BCUT2D eigenvalue weighted by Crippen LogP contribution is -2.20. The molecule has 25 heavy (non-hydrogen) atoms. The van der Waals surface area contributed by atoms with E-state index in [0.29, 0.717) is 0 Å². The molecular weight excluding hydrogens is 307 g/mol. The molecule has 0 N–H and O–H groups in total. The Morgan fingerprint density at radius 2 is 1.48 bits per heavy atom. The highest BCUT2D eigenvalue weighted by Gasteiger charge is 2.21. The van der Waals surface area contributed by atoms with Gasteiger partial charge >= 0.3 is 0 Å². The van der Waals surface area contributed by atoms with Gasteiger partial charge in [0.15, 0.2) is 0 Å². The summed E-state index contributed by atoms with van der Waals surface area (Å²) in [6, 6.07) is 17.9. The molecule has 2 aromatic rings. The van der Waals surface area contributed by atoms with Gasteiger partial charge < -0.3 is 9.59 Å². The molecule has 0 spiro atoms. The first-order chi connectivity index (χ1) is 12.0. The van der Waals surface area contributed by atoms with Gasteiger partial charge in [-0.2, -0.15) is 0 Å². The monoisotopic (exact) mass is 329 g/mol. The molecule has 0 aliphatic rings. The highest BCUT2D eigenvalue weighted by atomic mass is 16.1. The summed E-state index contributed by atoms with van der Waals surface area (Å²) in [7, 11) is 1.97. The average Bonchev–Trinajstić information content (AvgIpc) is 2.60. The standard InChI is InChI=1S/C22H22BO2/c1-16(24)15-22(18(3)25)23-17(2)21-13-11-20(12-14-21)10-9-19-7-5-4-6-8-19/h4-8,11-14,17,22H,15H2,1-3H3. The smallest absolute Gasteiger partial charge is 0.133 e. The fraction of sp³-hybridized carbons (Fsp3) is 0.273. The van der Waals surface area contributed by atoms with Crippen molar-refractivity contribution in [2.24, 2.45) is 0 Å². The Morgan fingerprint density at radius 1 is 0.920 bits per heavy atom. The number of Topliss-reactive ketones (excluding diaryl/α,β-unsaturated/α-hetero) is 2. The number of hydrogen-bond acceptors (Lipinski definition) is 2. The summed E-state index contributed by atoms with van der Waals surface area (Å²) in [4.78, 5) is 23.0. The van der Waals surface area contributed by atoms with Crippen molar-refractivity contribution in [3.63, 3.8) is 0 Å². The van der Waals surface area contributed by atoms with Crippen LogP contribution in [-0.2, 0) is 9.59 Å². The molecule has 2 unspecified atom stereocenters. The molecule has 0 saturated heterocycles. The second-order valence-electron chi connectivity index (χ2n) is 6.34. The molecule has 0 saturated carbocycles. The predicted molar refractivity (Wildman–Crippen MR) is 103 cm³/mol. The van der Waals surface area contributed by atoms with E-state index >= 15 is 0 Å². The molecule has 1 radical (unpaired) electrons. The molecule has 0 bridgehead atoms. The van der Waals surface area contributed by atoms with E-state index in [0.717, 1.165) is 16.7 Å². The summed E-state index contributed by atoms with van der Waals surface area (Å²) < 4.78 is 0. The van der Waals surface area contributed by atoms with Gasteiger partial charge in [0.05, 0.1) is 0 Å². The van der Waals surface area contributed by atoms with Crippen LogP contribution >= 0.6 is 0 Å². The van der Waals surface area contributed by atoms with Gasteiger partial charge in [-0.25, -0.2) is 0 Å². The van der Waals surface area contributed by atoms with E-state index in [2.05, 4.69) is 11.8 Å². The van der Waals surface area contributed by atoms with Crippen molar-refractivity contribution in [1.82, 2.24) is 0 Å². The van der Waals surface area contributed by atoms with Crippen LogP contribution in [0.5, 0.6) is 0 Å². The van der Waals surface area contributed by atoms with E-state index in [1.54, 1.807) is 6.92 Å². The molecule has 2 aromatic carbocycles. The minimum Gasteiger partial charge on any atom is -0.301 e. The molecule has 2 nitrogen and oxygen atoms in total. The van der Waals surface area contributed by atoms with Gasteiger partial charge in [-0.05, 0) is 49.7 Å². The number of carbonyl (C=O) groups is 2. The van der Waals surface area contributed by atoms with Crippen molar-refractivity contribution >= 4 is 18.8 Å². The second-order valence-corrected chi connectivity index (χ2v) is 6.34. The minimum atomic E-state index is -0.315. The van der Waals surface area contributed by atoms with Crippen molar-refractivity contribution in [1.29, 1.82) is 0 Å². The molecule has 0 aromatic heterocycles. The Bertz CT molecular complexity index is 782. The zero-order chi connectivity index (χ0) is 18.2. The Labute approximate surface area is 150 Å². The van der Waals surface area contributed by atoms with Gasteiger partial charge in [-0.15, -0.1) is 0 Å². The van der Waals surface area contributed by atoms with Gasteiger partial charge in [-0.3, -0.25) is 0 Å². The maximum Gasteiger partial charge on any atom is 0.133 e. The molecule has 3 heteroatoms. The Kier molecular flexibility index (Phi) is 6.77. The molecule has 0 fully saturated rings. The van der Waals surface area contributed by atoms with Crippen LogP contribution in [0.4, 0.5) is 0 Å². The maximum absolute atomic E-state index is 11.7. The SMILES string of the molecule is CC(=O)CC([B]C(C)c1ccc(C#Cc2ccccc2)cc1)C(C)=O. The van der Waals surface area contributed by atoms with E-state index in [1.165, 1.54) is 6.92 Å². The number of rotatable bonds is 6. The summed E-state index contributed by atoms with van der Waals surface area (Å²) in [5.41, 5.74) is 3.05. The third kappa shape index (κ3) is 6.08. The summed E-state index contributed by atoms with van der Waals surface area (Å²) >= 11 is 0. The predicted octanol–water partition coefficient (Wildman–Crippen LogP) is 4.21. The van der Waals surface area contributed by atoms with Crippen LogP contribution in [0.25, 0.3) is 0 Å². The highest BCUT2D eigenvalue weighted by molar-refractivity contribution is 6.46. The van der Waals surface area contributed by atoms with E-state index in [4.69, 9.17) is 0 Å². The first kappa shape index (κ1) is 18.7. The second kappa shape index (κ2) is 9.04. The van der Waals surface area contributed by atoms with Gasteiger partial charge in [0.25, 0.3) is 0 Å². The fourth-order valence-electron chi connectivity index (χ4n) is 2.65. The first-order valence-electron chi connectivity index (χ1n) is 8.47. The number of carbonyl (C=O) groups excluding carboxylic acids is 2. The topological polar surface area (TPSA) is 34.1 Å². The summed E-state index contributed by atoms with van der Waals surface area (Å²) in [6.07, 6.45) is 0.278.